The SMILES string of the molecule is Cc1nn(CC(=O)Nc2ccccc2OC(F)F)c2nc(C3CC3)cc(C(F)(F)F)c12. The molecule has 1 fully saturated rings. The number of aromatic nitrogens is 3. The lowest BCUT2D eigenvalue weighted by Gasteiger charge is -2.12. The molecule has 1 aromatic carbocycles. The monoisotopic (exact) mass is 440 g/mol. The van der Waals surface area contributed by atoms with Crippen LogP contribution in [0.1, 0.15) is 35.7 Å². The van der Waals surface area contributed by atoms with Crippen LogP contribution in [-0.4, -0.2) is 27.3 Å². The molecule has 1 N–H and O–H groups in total. The van der Waals surface area contributed by atoms with Crippen LogP contribution in [0, 0.1) is 6.92 Å². The van der Waals surface area contributed by atoms with Gasteiger partial charge in [0.05, 0.1) is 22.3 Å². The lowest BCUT2D eigenvalue weighted by atomic mass is 10.1. The zero-order valence-electron chi connectivity index (χ0n) is 16.2. The van der Waals surface area contributed by atoms with Crippen LogP contribution in [0.2, 0.25) is 0 Å². The van der Waals surface area contributed by atoms with Crippen LogP contribution in [0.4, 0.5) is 27.6 Å². The molecule has 31 heavy (non-hydrogen) atoms. The Balaban J connectivity index is 1.66. The highest BCUT2D eigenvalue weighted by Gasteiger charge is 2.37. The van der Waals surface area contributed by atoms with Gasteiger partial charge in [0.25, 0.3) is 0 Å². The fraction of sp³-hybridized carbons (Fsp3) is 0.350. The van der Waals surface area contributed by atoms with E-state index in [9.17, 15) is 26.7 Å². The van der Waals surface area contributed by atoms with Crippen LogP contribution in [0.5, 0.6) is 5.75 Å². The van der Waals surface area contributed by atoms with Crippen LogP contribution in [0.15, 0.2) is 30.3 Å². The predicted molar refractivity (Wildman–Crippen MR) is 101 cm³/mol. The molecule has 0 unspecified atom stereocenters. The molecular weight excluding hydrogens is 423 g/mol. The summed E-state index contributed by atoms with van der Waals surface area (Å²) in [4.78, 5) is 16.9. The first-order chi connectivity index (χ1) is 14.6. The molecule has 1 amide bonds. The average Bonchev–Trinajstić information content (AvgIpc) is 3.48. The molecule has 1 aliphatic carbocycles. The number of carbonyl (C=O) groups excluding carboxylic acids is 1. The van der Waals surface area contributed by atoms with Gasteiger partial charge in [0.1, 0.15) is 12.3 Å². The number of pyridine rings is 1. The van der Waals surface area contributed by atoms with Gasteiger partial charge in [0.15, 0.2) is 5.65 Å². The molecule has 4 rings (SSSR count). The summed E-state index contributed by atoms with van der Waals surface area (Å²) < 4.78 is 71.5. The minimum absolute atomic E-state index is 0.00333. The van der Waals surface area contributed by atoms with Crippen molar-refractivity contribution in [1.29, 1.82) is 0 Å². The zero-order chi connectivity index (χ0) is 22.3. The summed E-state index contributed by atoms with van der Waals surface area (Å²) in [5.74, 6) is -0.955. The van der Waals surface area contributed by atoms with E-state index in [-0.39, 0.29) is 34.1 Å². The van der Waals surface area contributed by atoms with E-state index in [1.807, 2.05) is 0 Å². The van der Waals surface area contributed by atoms with Crippen molar-refractivity contribution in [1.82, 2.24) is 14.8 Å². The number of alkyl halides is 5. The molecule has 0 aliphatic heterocycles. The second kappa shape index (κ2) is 7.78. The van der Waals surface area contributed by atoms with E-state index in [2.05, 4.69) is 20.1 Å². The zero-order valence-corrected chi connectivity index (χ0v) is 16.2. The predicted octanol–water partition coefficient (Wildman–Crippen LogP) is 4.88. The maximum Gasteiger partial charge on any atom is 0.417 e. The molecule has 1 saturated carbocycles. The molecule has 0 atom stereocenters. The number of nitrogens with one attached hydrogen (secondary N) is 1. The number of halogens is 5. The lowest BCUT2D eigenvalue weighted by molar-refractivity contribution is -0.136. The molecule has 3 aromatic rings. The molecule has 164 valence electrons. The number of benzene rings is 1. The molecule has 2 heterocycles. The van der Waals surface area contributed by atoms with E-state index in [4.69, 9.17) is 0 Å². The van der Waals surface area contributed by atoms with Gasteiger partial charge < -0.3 is 10.1 Å². The Morgan fingerprint density at radius 2 is 2.00 bits per heavy atom. The maximum absolute atomic E-state index is 13.7. The standard InChI is InChI=1S/C20H17F5N4O2/c1-10-17-12(20(23,24)25)8-14(11-6-7-11)27-18(17)29(28-10)9-16(30)26-13-4-2-3-5-15(13)31-19(21)22/h2-5,8,11,19H,6-7,9H2,1H3,(H,26,30). The van der Waals surface area contributed by atoms with E-state index in [0.717, 1.165) is 23.6 Å². The van der Waals surface area contributed by atoms with E-state index < -0.39 is 30.8 Å². The number of rotatable bonds is 6. The van der Waals surface area contributed by atoms with Gasteiger partial charge in [-0.2, -0.15) is 27.1 Å². The van der Waals surface area contributed by atoms with Crippen molar-refractivity contribution in [3.63, 3.8) is 0 Å². The number of carbonyl (C=O) groups is 1. The van der Waals surface area contributed by atoms with E-state index in [0.29, 0.717) is 5.69 Å². The number of aryl methyl sites for hydroxylation is 1. The highest BCUT2D eigenvalue weighted by molar-refractivity contribution is 5.93. The third kappa shape index (κ3) is 4.44. The maximum atomic E-state index is 13.7. The molecular formula is C20H17F5N4O2. The van der Waals surface area contributed by atoms with Gasteiger partial charge in [0.2, 0.25) is 5.91 Å². The minimum atomic E-state index is -4.60. The number of nitrogens with zero attached hydrogens (tertiary/aromatic N) is 3. The van der Waals surface area contributed by atoms with Crippen LogP contribution in [-0.2, 0) is 17.5 Å². The Bertz CT molecular complexity index is 1140. The number of anilines is 1. The van der Waals surface area contributed by atoms with Gasteiger partial charge >= 0.3 is 12.8 Å². The molecule has 1 aliphatic rings. The van der Waals surface area contributed by atoms with Gasteiger partial charge in [0, 0.05) is 11.6 Å². The summed E-state index contributed by atoms with van der Waals surface area (Å²) in [6.45, 7) is -2.12. The molecule has 0 radical (unpaired) electrons. The Kier molecular flexibility index (Phi) is 5.28. The second-order valence-corrected chi connectivity index (χ2v) is 7.23. The van der Waals surface area contributed by atoms with Crippen molar-refractivity contribution in [2.45, 2.75) is 45.0 Å². The van der Waals surface area contributed by atoms with Crippen LogP contribution >= 0.6 is 0 Å². The van der Waals surface area contributed by atoms with Crippen molar-refractivity contribution in [3.05, 3.63) is 47.3 Å². The first-order valence-electron chi connectivity index (χ1n) is 9.42. The fourth-order valence-corrected chi connectivity index (χ4v) is 3.39. The van der Waals surface area contributed by atoms with Crippen molar-refractivity contribution in [2.24, 2.45) is 0 Å². The number of amides is 1. The smallest absolute Gasteiger partial charge is 0.417 e. The molecule has 2 aromatic heterocycles. The largest absolute Gasteiger partial charge is 0.433 e. The third-order valence-electron chi connectivity index (χ3n) is 4.87. The highest BCUT2D eigenvalue weighted by Crippen LogP contribution is 2.43. The Morgan fingerprint density at radius 3 is 2.65 bits per heavy atom. The second-order valence-electron chi connectivity index (χ2n) is 7.23. The van der Waals surface area contributed by atoms with Crippen molar-refractivity contribution in [3.8, 4) is 5.75 Å². The Hall–Kier alpha value is -3.24. The van der Waals surface area contributed by atoms with Crippen LogP contribution < -0.4 is 10.1 Å². The van der Waals surface area contributed by atoms with Gasteiger partial charge in [-0.3, -0.25) is 4.79 Å². The molecule has 0 bridgehead atoms. The number of ether oxygens (including phenoxy) is 1. The summed E-state index contributed by atoms with van der Waals surface area (Å²) in [7, 11) is 0. The average molecular weight is 440 g/mol. The van der Waals surface area contributed by atoms with Gasteiger partial charge in [-0.1, -0.05) is 12.1 Å². The van der Waals surface area contributed by atoms with Gasteiger partial charge in [-0.05, 0) is 38.0 Å². The highest BCUT2D eigenvalue weighted by atomic mass is 19.4. The van der Waals surface area contributed by atoms with Crippen molar-refractivity contribution >= 4 is 22.6 Å². The summed E-state index contributed by atoms with van der Waals surface area (Å²) in [6, 6.07) is 6.65. The Labute approximate surface area is 173 Å². The number of para-hydroxylation sites is 2. The molecule has 0 saturated heterocycles. The van der Waals surface area contributed by atoms with Gasteiger partial charge in [-0.25, -0.2) is 9.67 Å². The topological polar surface area (TPSA) is 69.0 Å². The summed E-state index contributed by atoms with van der Waals surface area (Å²) >= 11 is 0. The normalized spacial score (nSPS) is 14.3. The van der Waals surface area contributed by atoms with E-state index in [1.165, 1.54) is 31.2 Å². The van der Waals surface area contributed by atoms with Crippen LogP contribution in [0.25, 0.3) is 11.0 Å². The number of hydrogen-bond donors (Lipinski definition) is 1. The number of hydrogen-bond acceptors (Lipinski definition) is 4. The van der Waals surface area contributed by atoms with Gasteiger partial charge in [-0.15, -0.1) is 0 Å². The summed E-state index contributed by atoms with van der Waals surface area (Å²) in [5.41, 5.74) is -0.465. The number of fused-ring (bicyclic) bond motifs is 1. The minimum Gasteiger partial charge on any atom is -0.433 e. The molecule has 0 spiro atoms. The Morgan fingerprint density at radius 1 is 1.29 bits per heavy atom. The first kappa shape index (κ1) is 21.0. The lowest BCUT2D eigenvalue weighted by Crippen LogP contribution is -2.20. The quantitative estimate of drug-likeness (QED) is 0.555. The van der Waals surface area contributed by atoms with E-state index >= 15 is 0 Å². The fourth-order valence-electron chi connectivity index (χ4n) is 3.39. The summed E-state index contributed by atoms with van der Waals surface area (Å²) in [6.07, 6.45) is -3.09. The summed E-state index contributed by atoms with van der Waals surface area (Å²) in [5, 5.41) is 6.34. The molecule has 11 heteroatoms. The third-order valence-corrected chi connectivity index (χ3v) is 4.87. The first-order valence-corrected chi connectivity index (χ1v) is 9.42. The van der Waals surface area contributed by atoms with Crippen molar-refractivity contribution in [2.75, 3.05) is 5.32 Å². The van der Waals surface area contributed by atoms with E-state index in [1.54, 1.807) is 0 Å². The molecule has 6 nitrogen and oxygen atoms in total. The van der Waals surface area contributed by atoms with Crippen LogP contribution in [0.3, 0.4) is 0 Å². The van der Waals surface area contributed by atoms with Crippen molar-refractivity contribution < 1.29 is 31.5 Å².